The SMILES string of the molecule is COc1ccc(N/N=C(\C(=O)Nc2ccc(C)cc2)C(=O)NS(=O)(=O)c2ccccc2)cc1. The molecular formula is C23H22N4O5S. The number of sulfonamides is 1. The van der Waals surface area contributed by atoms with Crippen LogP contribution in [0.25, 0.3) is 0 Å². The standard InChI is InChI=1S/C23H22N4O5S/c1-16-8-10-17(11-9-16)24-22(28)21(26-25-18-12-14-19(32-2)15-13-18)23(29)27-33(30,31)20-6-4-3-5-7-20/h3-15,25H,1-2H3,(H,24,28)(H,27,29)/b26-21+. The van der Waals surface area contributed by atoms with Crippen molar-refractivity contribution in [3.05, 3.63) is 84.4 Å². The number of nitrogens with one attached hydrogen (secondary N) is 3. The van der Waals surface area contributed by atoms with Gasteiger partial charge in [0.1, 0.15) is 5.75 Å². The Morgan fingerprint density at radius 3 is 2.03 bits per heavy atom. The van der Waals surface area contributed by atoms with Crippen LogP contribution in [0.4, 0.5) is 11.4 Å². The van der Waals surface area contributed by atoms with E-state index < -0.39 is 27.5 Å². The van der Waals surface area contributed by atoms with Gasteiger partial charge < -0.3 is 10.1 Å². The van der Waals surface area contributed by atoms with Gasteiger partial charge >= 0.3 is 0 Å². The van der Waals surface area contributed by atoms with Crippen molar-refractivity contribution in [1.82, 2.24) is 4.72 Å². The number of nitrogens with zero attached hydrogens (tertiary/aromatic N) is 1. The van der Waals surface area contributed by atoms with Crippen LogP contribution >= 0.6 is 0 Å². The minimum Gasteiger partial charge on any atom is -0.497 e. The molecule has 0 unspecified atom stereocenters. The van der Waals surface area contributed by atoms with Crippen LogP contribution in [0.15, 0.2) is 88.9 Å². The molecule has 0 radical (unpaired) electrons. The fourth-order valence-corrected chi connectivity index (χ4v) is 3.62. The predicted octanol–water partition coefficient (Wildman–Crippen LogP) is 2.92. The Hall–Kier alpha value is -4.18. The van der Waals surface area contributed by atoms with Crippen LogP contribution in [0.3, 0.4) is 0 Å². The van der Waals surface area contributed by atoms with Crippen molar-refractivity contribution in [1.29, 1.82) is 0 Å². The maximum Gasteiger partial charge on any atom is 0.291 e. The lowest BCUT2D eigenvalue weighted by molar-refractivity contribution is -0.115. The van der Waals surface area contributed by atoms with Crippen LogP contribution in [0.1, 0.15) is 5.56 Å². The summed E-state index contributed by atoms with van der Waals surface area (Å²) in [6.07, 6.45) is 0. The van der Waals surface area contributed by atoms with Crippen molar-refractivity contribution in [2.45, 2.75) is 11.8 Å². The smallest absolute Gasteiger partial charge is 0.291 e. The summed E-state index contributed by atoms with van der Waals surface area (Å²) in [7, 11) is -2.69. The molecule has 3 aromatic rings. The molecule has 0 aliphatic carbocycles. The molecule has 0 saturated carbocycles. The zero-order valence-electron chi connectivity index (χ0n) is 17.9. The number of hydrogen-bond acceptors (Lipinski definition) is 7. The summed E-state index contributed by atoms with van der Waals surface area (Å²) in [6, 6.07) is 20.8. The first-order chi connectivity index (χ1) is 15.8. The largest absolute Gasteiger partial charge is 0.497 e. The summed E-state index contributed by atoms with van der Waals surface area (Å²) in [6.45, 7) is 1.89. The molecular weight excluding hydrogens is 444 g/mol. The molecule has 10 heteroatoms. The lowest BCUT2D eigenvalue weighted by Crippen LogP contribution is -2.42. The summed E-state index contributed by atoms with van der Waals surface area (Å²) in [4.78, 5) is 25.5. The van der Waals surface area contributed by atoms with Gasteiger partial charge in [0.05, 0.1) is 17.7 Å². The van der Waals surface area contributed by atoms with E-state index in [4.69, 9.17) is 4.74 Å². The van der Waals surface area contributed by atoms with Crippen LogP contribution in [0.5, 0.6) is 5.75 Å². The first-order valence-corrected chi connectivity index (χ1v) is 11.2. The van der Waals surface area contributed by atoms with Crippen LogP contribution in [0.2, 0.25) is 0 Å². The second-order valence-corrected chi connectivity index (χ2v) is 8.55. The monoisotopic (exact) mass is 466 g/mol. The average Bonchev–Trinajstić information content (AvgIpc) is 2.81. The van der Waals surface area contributed by atoms with Crippen molar-refractivity contribution >= 4 is 38.9 Å². The Kier molecular flexibility index (Phi) is 7.42. The number of rotatable bonds is 8. The van der Waals surface area contributed by atoms with Gasteiger partial charge in [0.2, 0.25) is 5.71 Å². The minimum absolute atomic E-state index is 0.125. The zero-order chi connectivity index (χ0) is 23.8. The highest BCUT2D eigenvalue weighted by Crippen LogP contribution is 2.15. The number of amides is 2. The normalized spacial score (nSPS) is 11.4. The summed E-state index contributed by atoms with van der Waals surface area (Å²) in [5.74, 6) is -1.47. The molecule has 0 spiro atoms. The zero-order valence-corrected chi connectivity index (χ0v) is 18.7. The van der Waals surface area contributed by atoms with E-state index in [1.807, 2.05) is 11.6 Å². The van der Waals surface area contributed by atoms with E-state index in [-0.39, 0.29) is 4.90 Å². The van der Waals surface area contributed by atoms with Crippen molar-refractivity contribution in [2.24, 2.45) is 5.10 Å². The lowest BCUT2D eigenvalue weighted by atomic mass is 10.2. The van der Waals surface area contributed by atoms with Crippen molar-refractivity contribution in [3.8, 4) is 5.75 Å². The van der Waals surface area contributed by atoms with Crippen LogP contribution in [-0.2, 0) is 19.6 Å². The maximum atomic E-state index is 12.8. The third-order valence-electron chi connectivity index (χ3n) is 4.41. The van der Waals surface area contributed by atoms with Gasteiger partial charge in [-0.25, -0.2) is 13.1 Å². The lowest BCUT2D eigenvalue weighted by Gasteiger charge is -2.11. The maximum absolute atomic E-state index is 12.8. The Morgan fingerprint density at radius 2 is 1.42 bits per heavy atom. The summed E-state index contributed by atoms with van der Waals surface area (Å²) < 4.78 is 32.1. The van der Waals surface area contributed by atoms with E-state index in [1.54, 1.807) is 54.6 Å². The van der Waals surface area contributed by atoms with Gasteiger partial charge in [0.15, 0.2) is 0 Å². The molecule has 0 fully saturated rings. The first kappa shape index (κ1) is 23.5. The van der Waals surface area contributed by atoms with Gasteiger partial charge in [-0.1, -0.05) is 35.9 Å². The molecule has 0 bridgehead atoms. The van der Waals surface area contributed by atoms with Gasteiger partial charge in [-0.2, -0.15) is 5.10 Å². The Morgan fingerprint density at radius 1 is 0.818 bits per heavy atom. The second-order valence-electron chi connectivity index (χ2n) is 6.87. The Bertz CT molecular complexity index is 1260. The number of ether oxygens (including phenoxy) is 1. The molecule has 33 heavy (non-hydrogen) atoms. The van der Waals surface area contributed by atoms with Gasteiger partial charge in [0, 0.05) is 5.69 Å². The molecule has 3 aromatic carbocycles. The van der Waals surface area contributed by atoms with Crippen molar-refractivity contribution in [2.75, 3.05) is 17.9 Å². The van der Waals surface area contributed by atoms with Crippen LogP contribution in [0, 0.1) is 6.92 Å². The topological polar surface area (TPSA) is 126 Å². The number of aryl methyl sites for hydroxylation is 1. The highest BCUT2D eigenvalue weighted by Gasteiger charge is 2.26. The molecule has 0 aliphatic heterocycles. The molecule has 0 aromatic heterocycles. The van der Waals surface area contributed by atoms with Gasteiger partial charge in [-0.3, -0.25) is 15.0 Å². The summed E-state index contributed by atoms with van der Waals surface area (Å²) in [5.41, 5.74) is 3.77. The van der Waals surface area contributed by atoms with Gasteiger partial charge in [-0.15, -0.1) is 0 Å². The van der Waals surface area contributed by atoms with Gasteiger partial charge in [0.25, 0.3) is 21.8 Å². The van der Waals surface area contributed by atoms with E-state index in [0.717, 1.165) is 5.56 Å². The Labute approximate surface area is 191 Å². The fraction of sp³-hybridized carbons (Fsp3) is 0.0870. The predicted molar refractivity (Wildman–Crippen MR) is 126 cm³/mol. The number of methoxy groups -OCH3 is 1. The fourth-order valence-electron chi connectivity index (χ4n) is 2.65. The number of carbonyl (C=O) groups is 2. The third-order valence-corrected chi connectivity index (χ3v) is 5.75. The Balaban J connectivity index is 1.86. The number of anilines is 2. The molecule has 9 nitrogen and oxygen atoms in total. The second kappa shape index (κ2) is 10.4. The van der Waals surface area contributed by atoms with E-state index >= 15 is 0 Å². The molecule has 0 heterocycles. The minimum atomic E-state index is -4.21. The molecule has 3 rings (SSSR count). The quantitative estimate of drug-likeness (QED) is 0.266. The number of benzene rings is 3. The van der Waals surface area contributed by atoms with E-state index in [1.165, 1.54) is 31.4 Å². The van der Waals surface area contributed by atoms with E-state index in [9.17, 15) is 18.0 Å². The molecule has 3 N–H and O–H groups in total. The number of carbonyl (C=O) groups excluding carboxylic acids is 2. The molecule has 0 aliphatic rings. The highest BCUT2D eigenvalue weighted by molar-refractivity contribution is 7.90. The van der Waals surface area contributed by atoms with E-state index in [0.29, 0.717) is 17.1 Å². The molecule has 2 amide bonds. The van der Waals surface area contributed by atoms with Gasteiger partial charge in [-0.05, 0) is 55.5 Å². The van der Waals surface area contributed by atoms with E-state index in [2.05, 4.69) is 15.8 Å². The summed E-state index contributed by atoms with van der Waals surface area (Å²) >= 11 is 0. The summed E-state index contributed by atoms with van der Waals surface area (Å²) in [5, 5.41) is 6.42. The molecule has 170 valence electrons. The third kappa shape index (κ3) is 6.40. The van der Waals surface area contributed by atoms with Crippen molar-refractivity contribution < 1.29 is 22.7 Å². The van der Waals surface area contributed by atoms with Crippen LogP contribution in [-0.4, -0.2) is 33.1 Å². The van der Waals surface area contributed by atoms with Crippen molar-refractivity contribution in [3.63, 3.8) is 0 Å². The van der Waals surface area contributed by atoms with Crippen LogP contribution < -0.4 is 20.2 Å². The average molecular weight is 467 g/mol. The molecule has 0 atom stereocenters. The molecule has 0 saturated heterocycles. The first-order valence-electron chi connectivity index (χ1n) is 9.76. The highest BCUT2D eigenvalue weighted by atomic mass is 32.2. The number of hydrogen-bond donors (Lipinski definition) is 3. The number of hydrazone groups is 1.